The summed E-state index contributed by atoms with van der Waals surface area (Å²) in [6.45, 7) is 0. The van der Waals surface area contributed by atoms with Crippen molar-refractivity contribution >= 4 is 22.9 Å². The van der Waals surface area contributed by atoms with E-state index >= 15 is 0 Å². The fourth-order valence-electron chi connectivity index (χ4n) is 1.59. The number of thiophene rings is 1. The van der Waals surface area contributed by atoms with Gasteiger partial charge in [-0.15, -0.1) is 22.9 Å². The second-order valence-corrected chi connectivity index (χ2v) is 5.20. The number of hydrogen-bond acceptors (Lipinski definition) is 2. The van der Waals surface area contributed by atoms with Crippen LogP contribution in [0.4, 0.5) is 4.39 Å². The molecule has 4 heteroatoms. The minimum atomic E-state index is -0.365. The van der Waals surface area contributed by atoms with E-state index in [2.05, 4.69) is 0 Å². The van der Waals surface area contributed by atoms with Gasteiger partial charge in [-0.2, -0.15) is 0 Å². The van der Waals surface area contributed by atoms with E-state index in [1.54, 1.807) is 23.5 Å². The number of methoxy groups -OCH3 is 1. The van der Waals surface area contributed by atoms with Gasteiger partial charge in [-0.05, 0) is 29.1 Å². The molecule has 0 aliphatic rings. The van der Waals surface area contributed by atoms with Crippen molar-refractivity contribution in [2.45, 2.75) is 11.8 Å². The quantitative estimate of drug-likeness (QED) is 0.748. The van der Waals surface area contributed by atoms with Crippen molar-refractivity contribution in [3.8, 4) is 5.75 Å². The fraction of sp³-hybridized carbons (Fsp3) is 0.231. The predicted molar refractivity (Wildman–Crippen MR) is 69.6 cm³/mol. The molecule has 0 spiro atoms. The Morgan fingerprint density at radius 3 is 2.88 bits per heavy atom. The molecule has 2 aromatic rings. The van der Waals surface area contributed by atoms with Gasteiger partial charge in [0.1, 0.15) is 0 Å². The van der Waals surface area contributed by atoms with Crippen molar-refractivity contribution in [1.29, 1.82) is 0 Å². The van der Waals surface area contributed by atoms with Crippen LogP contribution in [0.15, 0.2) is 35.7 Å². The molecule has 1 atom stereocenters. The number of rotatable bonds is 4. The van der Waals surface area contributed by atoms with Crippen LogP contribution in [0.3, 0.4) is 0 Å². The summed E-state index contributed by atoms with van der Waals surface area (Å²) in [5.74, 6) is -0.129. The SMILES string of the molecule is COc1cc(C(Cl)Cc2cccs2)ccc1F. The van der Waals surface area contributed by atoms with E-state index < -0.39 is 0 Å². The highest BCUT2D eigenvalue weighted by molar-refractivity contribution is 7.09. The van der Waals surface area contributed by atoms with Gasteiger partial charge in [0.15, 0.2) is 11.6 Å². The Kier molecular flexibility index (Phi) is 4.02. The molecule has 0 N–H and O–H groups in total. The van der Waals surface area contributed by atoms with E-state index in [9.17, 15) is 4.39 Å². The van der Waals surface area contributed by atoms with Gasteiger partial charge >= 0.3 is 0 Å². The van der Waals surface area contributed by atoms with Gasteiger partial charge in [0.2, 0.25) is 0 Å². The first kappa shape index (κ1) is 12.4. The molecule has 17 heavy (non-hydrogen) atoms. The Morgan fingerprint density at radius 1 is 1.41 bits per heavy atom. The molecule has 1 unspecified atom stereocenters. The largest absolute Gasteiger partial charge is 0.494 e. The molecule has 1 nitrogen and oxygen atoms in total. The number of hydrogen-bond donors (Lipinski definition) is 0. The summed E-state index contributed by atoms with van der Waals surface area (Å²) in [7, 11) is 1.45. The average molecular weight is 271 g/mol. The average Bonchev–Trinajstić information content (AvgIpc) is 2.82. The molecule has 0 saturated heterocycles. The maximum atomic E-state index is 13.2. The molecule has 1 heterocycles. The molecule has 0 fully saturated rings. The summed E-state index contributed by atoms with van der Waals surface area (Å²) < 4.78 is 18.2. The van der Waals surface area contributed by atoms with Crippen molar-refractivity contribution in [3.05, 3.63) is 52.0 Å². The van der Waals surface area contributed by atoms with Crippen LogP contribution in [0.1, 0.15) is 15.8 Å². The molecule has 0 radical (unpaired) electrons. The Bertz CT molecular complexity index is 484. The van der Waals surface area contributed by atoms with Crippen LogP contribution in [-0.2, 0) is 6.42 Å². The molecule has 0 bridgehead atoms. The summed E-state index contributed by atoms with van der Waals surface area (Å²) in [4.78, 5) is 1.22. The summed E-state index contributed by atoms with van der Waals surface area (Å²) in [5, 5.41) is 1.85. The van der Waals surface area contributed by atoms with Crippen LogP contribution >= 0.6 is 22.9 Å². The van der Waals surface area contributed by atoms with Crippen molar-refractivity contribution in [1.82, 2.24) is 0 Å². The normalized spacial score (nSPS) is 12.4. The van der Waals surface area contributed by atoms with E-state index in [4.69, 9.17) is 16.3 Å². The maximum absolute atomic E-state index is 13.2. The first-order valence-corrected chi connectivity index (χ1v) is 6.52. The highest BCUT2D eigenvalue weighted by Crippen LogP contribution is 2.30. The van der Waals surface area contributed by atoms with E-state index in [-0.39, 0.29) is 16.9 Å². The Labute approximate surface area is 109 Å². The molecule has 0 amide bonds. The second kappa shape index (κ2) is 5.52. The lowest BCUT2D eigenvalue weighted by Gasteiger charge is -2.10. The number of halogens is 2. The van der Waals surface area contributed by atoms with Gasteiger partial charge in [-0.1, -0.05) is 12.1 Å². The molecule has 1 aromatic carbocycles. The fourth-order valence-corrected chi connectivity index (χ4v) is 2.74. The maximum Gasteiger partial charge on any atom is 0.165 e. The van der Waals surface area contributed by atoms with Crippen molar-refractivity contribution < 1.29 is 9.13 Å². The van der Waals surface area contributed by atoms with Crippen LogP contribution < -0.4 is 4.74 Å². The number of benzene rings is 1. The minimum absolute atomic E-state index is 0.164. The summed E-state index contributed by atoms with van der Waals surface area (Å²) in [6, 6.07) is 8.78. The highest BCUT2D eigenvalue weighted by Gasteiger charge is 2.12. The molecule has 0 aliphatic heterocycles. The van der Waals surface area contributed by atoms with Crippen LogP contribution in [0, 0.1) is 5.82 Å². The summed E-state index contributed by atoms with van der Waals surface area (Å²) in [5.41, 5.74) is 0.873. The van der Waals surface area contributed by atoms with Gasteiger partial charge in [-0.25, -0.2) is 4.39 Å². The predicted octanol–water partition coefficient (Wildman–Crippen LogP) is 4.42. The highest BCUT2D eigenvalue weighted by atomic mass is 35.5. The zero-order valence-electron chi connectivity index (χ0n) is 9.32. The van der Waals surface area contributed by atoms with E-state index in [1.165, 1.54) is 18.1 Å². The monoisotopic (exact) mass is 270 g/mol. The zero-order chi connectivity index (χ0) is 12.3. The third-order valence-corrected chi connectivity index (χ3v) is 3.80. The minimum Gasteiger partial charge on any atom is -0.494 e. The van der Waals surface area contributed by atoms with Gasteiger partial charge < -0.3 is 4.74 Å². The van der Waals surface area contributed by atoms with Crippen LogP contribution in [0.2, 0.25) is 0 Å². The molecule has 0 aliphatic carbocycles. The lowest BCUT2D eigenvalue weighted by atomic mass is 10.1. The number of ether oxygens (including phenoxy) is 1. The van der Waals surface area contributed by atoms with E-state index in [1.807, 2.05) is 17.5 Å². The van der Waals surface area contributed by atoms with Gasteiger partial charge in [0, 0.05) is 11.3 Å². The smallest absolute Gasteiger partial charge is 0.165 e. The Morgan fingerprint density at radius 2 is 2.24 bits per heavy atom. The summed E-state index contributed by atoms with van der Waals surface area (Å²) >= 11 is 7.98. The lowest BCUT2D eigenvalue weighted by Crippen LogP contribution is -1.96. The van der Waals surface area contributed by atoms with Gasteiger partial charge in [0.25, 0.3) is 0 Å². The van der Waals surface area contributed by atoms with Crippen LogP contribution in [0.25, 0.3) is 0 Å². The van der Waals surface area contributed by atoms with E-state index in [0.717, 1.165) is 12.0 Å². The standard InChI is InChI=1S/C13H12ClFOS/c1-16-13-7-9(4-5-12(13)15)11(14)8-10-3-2-6-17-10/h2-7,11H,8H2,1H3. The third kappa shape index (κ3) is 2.99. The van der Waals surface area contributed by atoms with Crippen LogP contribution in [-0.4, -0.2) is 7.11 Å². The first-order chi connectivity index (χ1) is 8.20. The Hall–Kier alpha value is -1.06. The molecular formula is C13H12ClFOS. The van der Waals surface area contributed by atoms with Gasteiger partial charge in [-0.3, -0.25) is 0 Å². The second-order valence-electron chi connectivity index (χ2n) is 3.65. The first-order valence-electron chi connectivity index (χ1n) is 5.20. The van der Waals surface area contributed by atoms with E-state index in [0.29, 0.717) is 0 Å². The molecule has 0 saturated carbocycles. The number of alkyl halides is 1. The van der Waals surface area contributed by atoms with Crippen molar-refractivity contribution in [2.75, 3.05) is 7.11 Å². The molecule has 90 valence electrons. The van der Waals surface area contributed by atoms with Gasteiger partial charge in [0.05, 0.1) is 12.5 Å². The topological polar surface area (TPSA) is 9.23 Å². The molecule has 1 aromatic heterocycles. The van der Waals surface area contributed by atoms with Crippen molar-refractivity contribution in [3.63, 3.8) is 0 Å². The molecule has 2 rings (SSSR count). The lowest BCUT2D eigenvalue weighted by molar-refractivity contribution is 0.386. The summed E-state index contributed by atoms with van der Waals surface area (Å²) in [6.07, 6.45) is 0.744. The van der Waals surface area contributed by atoms with Crippen molar-refractivity contribution in [2.24, 2.45) is 0 Å². The van der Waals surface area contributed by atoms with Crippen LogP contribution in [0.5, 0.6) is 5.75 Å². The zero-order valence-corrected chi connectivity index (χ0v) is 10.9. The molecular weight excluding hydrogens is 259 g/mol. The Balaban J connectivity index is 2.16. The third-order valence-electron chi connectivity index (χ3n) is 2.50.